The van der Waals surface area contributed by atoms with Crippen molar-refractivity contribution in [2.75, 3.05) is 10.6 Å². The van der Waals surface area contributed by atoms with Gasteiger partial charge in [0.2, 0.25) is 5.95 Å². The topological polar surface area (TPSA) is 80.0 Å². The zero-order chi connectivity index (χ0) is 17.8. The molecule has 3 rings (SSSR count). The summed E-state index contributed by atoms with van der Waals surface area (Å²) >= 11 is 12.0. The molecule has 0 saturated carbocycles. The predicted octanol–water partition coefficient (Wildman–Crippen LogP) is 4.55. The first-order valence-electron chi connectivity index (χ1n) is 7.39. The van der Waals surface area contributed by atoms with Gasteiger partial charge in [0.25, 0.3) is 5.91 Å². The summed E-state index contributed by atoms with van der Waals surface area (Å²) in [4.78, 5) is 21.0. The molecule has 0 unspecified atom stereocenters. The molecule has 0 saturated heterocycles. The van der Waals surface area contributed by atoms with Gasteiger partial charge in [-0.05, 0) is 43.3 Å². The number of halogens is 2. The molecule has 2 heterocycles. The van der Waals surface area contributed by atoms with E-state index in [-0.39, 0.29) is 5.69 Å². The van der Waals surface area contributed by atoms with Crippen LogP contribution in [-0.4, -0.2) is 15.9 Å². The first-order chi connectivity index (χ1) is 12.0. The Balaban J connectivity index is 1.76. The van der Waals surface area contributed by atoms with Gasteiger partial charge >= 0.3 is 0 Å². The summed E-state index contributed by atoms with van der Waals surface area (Å²) in [5.74, 6) is 0.663. The molecule has 0 aliphatic carbocycles. The van der Waals surface area contributed by atoms with Crippen molar-refractivity contribution >= 4 is 40.7 Å². The van der Waals surface area contributed by atoms with Crippen LogP contribution in [0.5, 0.6) is 0 Å². The van der Waals surface area contributed by atoms with Crippen LogP contribution in [0, 0.1) is 6.92 Å². The quantitative estimate of drug-likeness (QED) is 0.682. The summed E-state index contributed by atoms with van der Waals surface area (Å²) in [6.45, 7) is 2.19. The third kappa shape index (κ3) is 4.49. The van der Waals surface area contributed by atoms with Crippen molar-refractivity contribution in [3.63, 3.8) is 0 Å². The van der Waals surface area contributed by atoms with Gasteiger partial charge in [0.15, 0.2) is 0 Å². The maximum Gasteiger partial charge on any atom is 0.274 e. The number of furan rings is 1. The lowest BCUT2D eigenvalue weighted by Gasteiger charge is -2.09. The fraction of sp³-hybridized carbons (Fsp3) is 0.118. The Labute approximate surface area is 154 Å². The first kappa shape index (κ1) is 17.3. The zero-order valence-corrected chi connectivity index (χ0v) is 14.7. The van der Waals surface area contributed by atoms with E-state index in [1.165, 1.54) is 0 Å². The molecule has 2 N–H and O–H groups in total. The Morgan fingerprint density at radius 1 is 1.20 bits per heavy atom. The van der Waals surface area contributed by atoms with Crippen LogP contribution < -0.4 is 10.6 Å². The molecule has 2 aromatic heterocycles. The van der Waals surface area contributed by atoms with Gasteiger partial charge in [-0.2, -0.15) is 0 Å². The molecule has 6 nitrogen and oxygen atoms in total. The van der Waals surface area contributed by atoms with Crippen LogP contribution in [0.25, 0.3) is 0 Å². The van der Waals surface area contributed by atoms with E-state index in [9.17, 15) is 4.79 Å². The van der Waals surface area contributed by atoms with Crippen LogP contribution in [0.1, 0.15) is 21.9 Å². The number of anilines is 2. The van der Waals surface area contributed by atoms with Crippen molar-refractivity contribution in [2.24, 2.45) is 0 Å². The molecular formula is C17H14Cl2N4O2. The lowest BCUT2D eigenvalue weighted by molar-refractivity contribution is 0.102. The highest BCUT2D eigenvalue weighted by atomic mass is 35.5. The van der Waals surface area contributed by atoms with Gasteiger partial charge in [-0.3, -0.25) is 4.79 Å². The number of carbonyl (C=O) groups excluding carboxylic acids is 1. The summed E-state index contributed by atoms with van der Waals surface area (Å²) in [6.07, 6.45) is 1.59. The standard InChI is InChI=1S/C17H14Cl2N4O2/c1-10-7-15(16(24)22-14-8-11(18)4-5-13(14)19)23-17(21-10)20-9-12-3-2-6-25-12/h2-8H,9H2,1H3,(H,22,24)(H,20,21,23). The number of carbonyl (C=O) groups is 1. The number of amides is 1. The normalized spacial score (nSPS) is 10.5. The molecule has 0 aliphatic rings. The average Bonchev–Trinajstić information content (AvgIpc) is 3.09. The van der Waals surface area contributed by atoms with Crippen molar-refractivity contribution in [1.82, 2.24) is 9.97 Å². The molecule has 0 bridgehead atoms. The van der Waals surface area contributed by atoms with Gasteiger partial charge < -0.3 is 15.1 Å². The molecule has 0 fully saturated rings. The van der Waals surface area contributed by atoms with Crippen molar-refractivity contribution in [2.45, 2.75) is 13.5 Å². The molecule has 25 heavy (non-hydrogen) atoms. The third-order valence-electron chi connectivity index (χ3n) is 3.26. The second-order valence-electron chi connectivity index (χ2n) is 5.23. The number of aromatic nitrogens is 2. The minimum atomic E-state index is -0.407. The largest absolute Gasteiger partial charge is 0.467 e. The Kier molecular flexibility index (Phi) is 5.21. The van der Waals surface area contributed by atoms with E-state index in [1.54, 1.807) is 43.5 Å². The van der Waals surface area contributed by atoms with Crippen LogP contribution in [0.2, 0.25) is 10.0 Å². The second-order valence-corrected chi connectivity index (χ2v) is 6.07. The predicted molar refractivity (Wildman–Crippen MR) is 97.2 cm³/mol. The van der Waals surface area contributed by atoms with E-state index in [4.69, 9.17) is 27.6 Å². The van der Waals surface area contributed by atoms with Crippen LogP contribution in [0.15, 0.2) is 47.1 Å². The molecule has 0 spiro atoms. The lowest BCUT2D eigenvalue weighted by Crippen LogP contribution is -2.16. The Morgan fingerprint density at radius 2 is 2.04 bits per heavy atom. The molecule has 0 radical (unpaired) electrons. The number of hydrogen-bond acceptors (Lipinski definition) is 5. The van der Waals surface area contributed by atoms with E-state index in [0.29, 0.717) is 33.9 Å². The molecular weight excluding hydrogens is 363 g/mol. The van der Waals surface area contributed by atoms with Crippen molar-refractivity contribution < 1.29 is 9.21 Å². The van der Waals surface area contributed by atoms with E-state index in [0.717, 1.165) is 5.76 Å². The SMILES string of the molecule is Cc1cc(C(=O)Nc2cc(Cl)ccc2Cl)nc(NCc2ccco2)n1. The van der Waals surface area contributed by atoms with Crippen molar-refractivity contribution in [3.8, 4) is 0 Å². The molecule has 0 aliphatic heterocycles. The minimum Gasteiger partial charge on any atom is -0.467 e. The van der Waals surface area contributed by atoms with Crippen molar-refractivity contribution in [3.05, 3.63) is 69.9 Å². The molecule has 3 aromatic rings. The van der Waals surface area contributed by atoms with E-state index in [1.807, 2.05) is 6.07 Å². The molecule has 128 valence electrons. The van der Waals surface area contributed by atoms with Gasteiger partial charge in [0.1, 0.15) is 11.5 Å². The second kappa shape index (κ2) is 7.55. The van der Waals surface area contributed by atoms with Gasteiger partial charge in [0.05, 0.1) is 23.5 Å². The fourth-order valence-electron chi connectivity index (χ4n) is 2.12. The molecule has 1 amide bonds. The van der Waals surface area contributed by atoms with E-state index in [2.05, 4.69) is 20.6 Å². The van der Waals surface area contributed by atoms with Gasteiger partial charge in [-0.1, -0.05) is 23.2 Å². The summed E-state index contributed by atoms with van der Waals surface area (Å²) < 4.78 is 5.24. The number of benzene rings is 1. The highest BCUT2D eigenvalue weighted by Crippen LogP contribution is 2.25. The Bertz CT molecular complexity index is 898. The molecule has 1 aromatic carbocycles. The minimum absolute atomic E-state index is 0.213. The number of aryl methyl sites for hydroxylation is 1. The fourth-order valence-corrected chi connectivity index (χ4v) is 2.46. The summed E-state index contributed by atoms with van der Waals surface area (Å²) in [5.41, 5.74) is 1.28. The smallest absolute Gasteiger partial charge is 0.274 e. The average molecular weight is 377 g/mol. The summed E-state index contributed by atoms with van der Waals surface area (Å²) in [6, 6.07) is 10.0. The van der Waals surface area contributed by atoms with Crippen LogP contribution in [-0.2, 0) is 6.54 Å². The maximum atomic E-state index is 12.5. The first-order valence-corrected chi connectivity index (χ1v) is 8.15. The third-order valence-corrected chi connectivity index (χ3v) is 3.83. The van der Waals surface area contributed by atoms with E-state index >= 15 is 0 Å². The summed E-state index contributed by atoms with van der Waals surface area (Å²) in [7, 11) is 0. The van der Waals surface area contributed by atoms with E-state index < -0.39 is 5.91 Å². The highest BCUT2D eigenvalue weighted by molar-refractivity contribution is 6.35. The van der Waals surface area contributed by atoms with Gasteiger partial charge in [0, 0.05) is 10.7 Å². The number of nitrogens with zero attached hydrogens (tertiary/aromatic N) is 2. The van der Waals surface area contributed by atoms with Crippen molar-refractivity contribution in [1.29, 1.82) is 0 Å². The van der Waals surface area contributed by atoms with Crippen LogP contribution >= 0.6 is 23.2 Å². The Morgan fingerprint density at radius 3 is 2.80 bits per heavy atom. The number of rotatable bonds is 5. The van der Waals surface area contributed by atoms with Gasteiger partial charge in [-0.25, -0.2) is 9.97 Å². The Hall–Kier alpha value is -2.57. The lowest BCUT2D eigenvalue weighted by atomic mass is 10.3. The number of hydrogen-bond donors (Lipinski definition) is 2. The monoisotopic (exact) mass is 376 g/mol. The zero-order valence-electron chi connectivity index (χ0n) is 13.2. The van der Waals surface area contributed by atoms with Gasteiger partial charge in [-0.15, -0.1) is 0 Å². The molecule has 8 heteroatoms. The summed E-state index contributed by atoms with van der Waals surface area (Å²) in [5, 5.41) is 6.58. The maximum absolute atomic E-state index is 12.5. The molecule has 0 atom stereocenters. The van der Waals surface area contributed by atoms with Crippen LogP contribution in [0.4, 0.5) is 11.6 Å². The highest BCUT2D eigenvalue weighted by Gasteiger charge is 2.13. The van der Waals surface area contributed by atoms with Crippen LogP contribution in [0.3, 0.4) is 0 Å². The number of nitrogens with one attached hydrogen (secondary N) is 2.